The van der Waals surface area contributed by atoms with Crippen molar-refractivity contribution in [2.45, 2.75) is 51.0 Å². The lowest BCUT2D eigenvalue weighted by Crippen LogP contribution is -2.17. The van der Waals surface area contributed by atoms with Gasteiger partial charge in [-0.1, -0.05) is 47.5 Å². The molecule has 2 unspecified atom stereocenters. The van der Waals surface area contributed by atoms with Crippen LogP contribution in [0, 0.1) is 12.8 Å². The molecule has 0 saturated heterocycles. The van der Waals surface area contributed by atoms with Gasteiger partial charge in [-0.2, -0.15) is 0 Å². The molecule has 0 radical (unpaired) electrons. The summed E-state index contributed by atoms with van der Waals surface area (Å²) < 4.78 is 5.97. The van der Waals surface area contributed by atoms with Crippen molar-refractivity contribution in [2.24, 2.45) is 5.92 Å². The fraction of sp³-hybridized carbons (Fsp3) is 0.600. The van der Waals surface area contributed by atoms with Gasteiger partial charge in [0.15, 0.2) is 0 Å². The van der Waals surface area contributed by atoms with Crippen molar-refractivity contribution < 1.29 is 4.74 Å². The van der Waals surface area contributed by atoms with Crippen LogP contribution in [0.4, 0.5) is 0 Å². The van der Waals surface area contributed by atoms with Crippen LogP contribution in [0.1, 0.15) is 37.8 Å². The maximum Gasteiger partial charge on any atom is 0.123 e. The van der Waals surface area contributed by atoms with Gasteiger partial charge in [0.25, 0.3) is 0 Å². The number of aryl methyl sites for hydroxylation is 1. The van der Waals surface area contributed by atoms with Crippen molar-refractivity contribution in [3.8, 4) is 5.75 Å². The Morgan fingerprint density at radius 2 is 2.18 bits per heavy atom. The van der Waals surface area contributed by atoms with Gasteiger partial charge in [0.1, 0.15) is 11.9 Å². The number of rotatable bonds is 4. The summed E-state index contributed by atoms with van der Waals surface area (Å²) in [6.45, 7) is 6.65. The van der Waals surface area contributed by atoms with Crippen molar-refractivity contribution in [1.29, 1.82) is 0 Å². The van der Waals surface area contributed by atoms with Crippen LogP contribution in [0.3, 0.4) is 0 Å². The number of ether oxygens (including phenoxy) is 1. The molecule has 1 nitrogen and oxygen atoms in total. The van der Waals surface area contributed by atoms with E-state index in [0.29, 0.717) is 16.8 Å². The van der Waals surface area contributed by atoms with E-state index in [0.717, 1.165) is 18.6 Å². The quantitative estimate of drug-likeness (QED) is 0.744. The Labute approximate surface area is 113 Å². The molecule has 0 saturated carbocycles. The summed E-state index contributed by atoms with van der Waals surface area (Å²) in [5.74, 6) is 1.79. The minimum Gasteiger partial charge on any atom is -0.490 e. The summed E-state index contributed by atoms with van der Waals surface area (Å²) in [5.41, 5.74) is 2.71. The summed E-state index contributed by atoms with van der Waals surface area (Å²) in [6.07, 6.45) is 3.79. The van der Waals surface area contributed by atoms with Gasteiger partial charge in [0.2, 0.25) is 0 Å². The van der Waals surface area contributed by atoms with E-state index in [4.69, 9.17) is 4.74 Å². The third-order valence-corrected chi connectivity index (χ3v) is 4.96. The lowest BCUT2D eigenvalue weighted by Gasteiger charge is -2.16. The van der Waals surface area contributed by atoms with Crippen molar-refractivity contribution in [3.63, 3.8) is 0 Å². The minimum atomic E-state index is 0.380. The number of hydrogen-bond acceptors (Lipinski definition) is 1. The monoisotopic (exact) mass is 296 g/mol. The molecule has 2 atom stereocenters. The van der Waals surface area contributed by atoms with Gasteiger partial charge in [0.05, 0.1) is 0 Å². The topological polar surface area (TPSA) is 9.23 Å². The molecule has 1 aromatic rings. The molecule has 0 N–H and O–H groups in total. The van der Waals surface area contributed by atoms with Crippen LogP contribution in [-0.2, 0) is 6.42 Å². The normalized spacial score (nSPS) is 20.2. The molecule has 0 spiro atoms. The molecule has 0 fully saturated rings. The van der Waals surface area contributed by atoms with Gasteiger partial charge in [0, 0.05) is 11.2 Å². The predicted octanol–water partition coefficient (Wildman–Crippen LogP) is 4.50. The molecule has 17 heavy (non-hydrogen) atoms. The van der Waals surface area contributed by atoms with E-state index >= 15 is 0 Å². The molecular weight excluding hydrogens is 276 g/mol. The zero-order valence-corrected chi connectivity index (χ0v) is 12.5. The van der Waals surface area contributed by atoms with E-state index in [2.05, 4.69) is 54.9 Å². The summed E-state index contributed by atoms with van der Waals surface area (Å²) in [4.78, 5) is 0.608. The number of hydrogen-bond donors (Lipinski definition) is 0. The van der Waals surface area contributed by atoms with Crippen LogP contribution in [0.25, 0.3) is 0 Å². The van der Waals surface area contributed by atoms with Gasteiger partial charge in [-0.05, 0) is 37.3 Å². The molecule has 1 heterocycles. The van der Waals surface area contributed by atoms with E-state index in [1.54, 1.807) is 0 Å². The molecule has 94 valence electrons. The van der Waals surface area contributed by atoms with Crippen LogP contribution in [0.15, 0.2) is 18.2 Å². The van der Waals surface area contributed by atoms with Crippen molar-refractivity contribution in [3.05, 3.63) is 29.3 Å². The third-order valence-electron chi connectivity index (χ3n) is 3.45. The van der Waals surface area contributed by atoms with E-state index in [9.17, 15) is 0 Å². The highest BCUT2D eigenvalue weighted by Gasteiger charge is 2.23. The first kappa shape index (κ1) is 12.9. The van der Waals surface area contributed by atoms with Crippen LogP contribution in [-0.4, -0.2) is 10.9 Å². The molecule has 1 aromatic carbocycles. The predicted molar refractivity (Wildman–Crippen MR) is 76.1 cm³/mol. The van der Waals surface area contributed by atoms with Crippen LogP contribution < -0.4 is 4.74 Å². The first-order chi connectivity index (χ1) is 8.06. The maximum absolute atomic E-state index is 5.97. The molecule has 1 aliphatic heterocycles. The second-order valence-corrected chi connectivity index (χ2v) is 6.57. The molecule has 2 heteroatoms. The second kappa shape index (κ2) is 5.43. The zero-order chi connectivity index (χ0) is 12.4. The fourth-order valence-electron chi connectivity index (χ4n) is 2.29. The van der Waals surface area contributed by atoms with Crippen molar-refractivity contribution >= 4 is 15.9 Å². The van der Waals surface area contributed by atoms with E-state index in [1.807, 2.05) is 0 Å². The van der Waals surface area contributed by atoms with Gasteiger partial charge >= 0.3 is 0 Å². The lowest BCUT2D eigenvalue weighted by molar-refractivity contribution is 0.216. The Morgan fingerprint density at radius 1 is 1.41 bits per heavy atom. The SMILES string of the molecule is Cc1ccc2c(c1)CC(CCC(Br)C(C)C)O2. The lowest BCUT2D eigenvalue weighted by atomic mass is 10.0. The summed E-state index contributed by atoms with van der Waals surface area (Å²) in [6, 6.07) is 6.49. The van der Waals surface area contributed by atoms with E-state index < -0.39 is 0 Å². The Bertz CT molecular complexity index is 387. The van der Waals surface area contributed by atoms with E-state index in [1.165, 1.54) is 17.5 Å². The molecule has 2 rings (SSSR count). The summed E-state index contributed by atoms with van der Waals surface area (Å²) in [5, 5.41) is 0. The maximum atomic E-state index is 5.97. The molecule has 0 aromatic heterocycles. The van der Waals surface area contributed by atoms with Crippen LogP contribution in [0.5, 0.6) is 5.75 Å². The van der Waals surface area contributed by atoms with Crippen molar-refractivity contribution in [1.82, 2.24) is 0 Å². The molecule has 0 bridgehead atoms. The Hall–Kier alpha value is -0.500. The molecule has 0 amide bonds. The van der Waals surface area contributed by atoms with Gasteiger partial charge in [-0.3, -0.25) is 0 Å². The zero-order valence-electron chi connectivity index (χ0n) is 10.9. The fourth-order valence-corrected chi connectivity index (χ4v) is 2.55. The minimum absolute atomic E-state index is 0.380. The number of alkyl halides is 1. The van der Waals surface area contributed by atoms with Crippen molar-refractivity contribution in [2.75, 3.05) is 0 Å². The average molecular weight is 297 g/mol. The van der Waals surface area contributed by atoms with Gasteiger partial charge in [-0.25, -0.2) is 0 Å². The molecular formula is C15H21BrO. The first-order valence-electron chi connectivity index (χ1n) is 6.46. The van der Waals surface area contributed by atoms with Gasteiger partial charge < -0.3 is 4.74 Å². The van der Waals surface area contributed by atoms with E-state index in [-0.39, 0.29) is 0 Å². The highest BCUT2D eigenvalue weighted by molar-refractivity contribution is 9.09. The highest BCUT2D eigenvalue weighted by Crippen LogP contribution is 2.32. The Morgan fingerprint density at radius 3 is 2.88 bits per heavy atom. The average Bonchev–Trinajstić information content (AvgIpc) is 2.67. The van der Waals surface area contributed by atoms with Gasteiger partial charge in [-0.15, -0.1) is 0 Å². The Balaban J connectivity index is 1.88. The number of fused-ring (bicyclic) bond motifs is 1. The first-order valence-corrected chi connectivity index (χ1v) is 7.38. The molecule has 0 aliphatic carbocycles. The summed E-state index contributed by atoms with van der Waals surface area (Å²) in [7, 11) is 0. The van der Waals surface area contributed by atoms with Crippen LogP contribution in [0.2, 0.25) is 0 Å². The smallest absolute Gasteiger partial charge is 0.123 e. The Kier molecular flexibility index (Phi) is 4.13. The largest absolute Gasteiger partial charge is 0.490 e. The number of halogens is 1. The summed E-state index contributed by atoms with van der Waals surface area (Å²) >= 11 is 3.74. The second-order valence-electron chi connectivity index (χ2n) is 5.39. The van der Waals surface area contributed by atoms with Crippen LogP contribution >= 0.6 is 15.9 Å². The highest BCUT2D eigenvalue weighted by atomic mass is 79.9. The molecule has 1 aliphatic rings. The number of benzene rings is 1. The standard InChI is InChI=1S/C15H21BrO/c1-10(2)14(16)6-5-13-9-12-8-11(3)4-7-15(12)17-13/h4,7-8,10,13-14H,5-6,9H2,1-3H3. The third kappa shape index (κ3) is 3.25.